The van der Waals surface area contributed by atoms with Crippen molar-refractivity contribution in [3.05, 3.63) is 30.1 Å². The monoisotopic (exact) mass is 212 g/mol. The zero-order valence-electron chi connectivity index (χ0n) is 6.68. The average molecular weight is 212 g/mol. The van der Waals surface area contributed by atoms with Crippen molar-refractivity contribution in [2.24, 2.45) is 0 Å². The van der Waals surface area contributed by atoms with Gasteiger partial charge in [-0.25, -0.2) is 4.39 Å². The molecule has 1 rings (SSSR count). The van der Waals surface area contributed by atoms with Gasteiger partial charge in [0.15, 0.2) is 0 Å². The highest BCUT2D eigenvalue weighted by molar-refractivity contribution is 5.22. The third-order valence-electron chi connectivity index (χ3n) is 1.30. The lowest BCUT2D eigenvalue weighted by Gasteiger charge is -2.16. The average Bonchev–Trinajstić information content (AvgIpc) is 2.02. The summed E-state index contributed by atoms with van der Waals surface area (Å²) in [6, 6.07) is 3.61. The molecule has 1 nitrogen and oxygen atoms in total. The number of hydrogen-bond donors (Lipinski definition) is 0. The van der Waals surface area contributed by atoms with Crippen molar-refractivity contribution in [3.8, 4) is 5.75 Å². The largest absolute Gasteiger partial charge is 0.461 e. The Morgan fingerprint density at radius 3 is 2.36 bits per heavy atom. The minimum atomic E-state index is -4.60. The predicted octanol–water partition coefficient (Wildman–Crippen LogP) is 3.06. The van der Waals surface area contributed by atoms with Crippen LogP contribution in [0.2, 0.25) is 0 Å². The Bertz CT molecular complexity index is 312. The fourth-order valence-electron chi connectivity index (χ4n) is 0.732. The second-order valence-electron chi connectivity index (χ2n) is 2.42. The maximum Gasteiger partial charge on any atom is 0.461 e. The third kappa shape index (κ3) is 2.58. The van der Waals surface area contributed by atoms with E-state index in [1.54, 1.807) is 0 Å². The minimum absolute atomic E-state index is 0.594. The SMILES string of the molecule is Fc1cccc(OC(F)(F)C(F)F)c1. The molecule has 6 heteroatoms. The lowest BCUT2D eigenvalue weighted by atomic mass is 10.3. The van der Waals surface area contributed by atoms with Crippen molar-refractivity contribution in [1.29, 1.82) is 0 Å². The van der Waals surface area contributed by atoms with E-state index in [-0.39, 0.29) is 0 Å². The van der Waals surface area contributed by atoms with E-state index in [0.717, 1.165) is 18.2 Å². The molecule has 0 aliphatic heterocycles. The molecule has 0 atom stereocenters. The van der Waals surface area contributed by atoms with Gasteiger partial charge in [-0.2, -0.15) is 17.6 Å². The predicted molar refractivity (Wildman–Crippen MR) is 38.0 cm³/mol. The number of alkyl halides is 4. The normalized spacial score (nSPS) is 11.9. The number of hydrogen-bond acceptors (Lipinski definition) is 1. The van der Waals surface area contributed by atoms with E-state index in [1.807, 2.05) is 0 Å². The van der Waals surface area contributed by atoms with Gasteiger partial charge >= 0.3 is 12.5 Å². The molecule has 0 amide bonds. The third-order valence-corrected chi connectivity index (χ3v) is 1.30. The van der Waals surface area contributed by atoms with E-state index in [9.17, 15) is 22.0 Å². The highest BCUT2D eigenvalue weighted by Crippen LogP contribution is 2.27. The van der Waals surface area contributed by atoms with Crippen LogP contribution < -0.4 is 4.74 Å². The molecule has 1 aromatic rings. The van der Waals surface area contributed by atoms with Crippen molar-refractivity contribution < 1.29 is 26.7 Å². The highest BCUT2D eigenvalue weighted by Gasteiger charge is 2.43. The molecule has 0 radical (unpaired) electrons. The Kier molecular flexibility index (Phi) is 2.93. The van der Waals surface area contributed by atoms with Crippen LogP contribution in [0.3, 0.4) is 0 Å². The summed E-state index contributed by atoms with van der Waals surface area (Å²) in [5.74, 6) is -1.48. The molecule has 0 aliphatic rings. The molecule has 0 saturated heterocycles. The van der Waals surface area contributed by atoms with Gasteiger partial charge in [0, 0.05) is 6.07 Å². The van der Waals surface area contributed by atoms with Gasteiger partial charge in [-0.3, -0.25) is 0 Å². The first-order valence-electron chi connectivity index (χ1n) is 3.52. The van der Waals surface area contributed by atoms with Gasteiger partial charge in [-0.15, -0.1) is 0 Å². The Morgan fingerprint density at radius 2 is 1.86 bits per heavy atom. The summed E-state index contributed by atoms with van der Waals surface area (Å²) in [6.45, 7) is 0. The fraction of sp³-hybridized carbons (Fsp3) is 0.250. The van der Waals surface area contributed by atoms with Crippen LogP contribution in [0.5, 0.6) is 5.75 Å². The Morgan fingerprint density at radius 1 is 1.21 bits per heavy atom. The quantitative estimate of drug-likeness (QED) is 0.699. The molecular weight excluding hydrogens is 207 g/mol. The van der Waals surface area contributed by atoms with Crippen LogP contribution in [-0.2, 0) is 0 Å². The first-order valence-corrected chi connectivity index (χ1v) is 3.52. The molecular formula is C8H5F5O. The van der Waals surface area contributed by atoms with Gasteiger partial charge in [-0.1, -0.05) is 6.07 Å². The number of ether oxygens (including phenoxy) is 1. The first-order chi connectivity index (χ1) is 6.42. The van der Waals surface area contributed by atoms with Crippen molar-refractivity contribution in [3.63, 3.8) is 0 Å². The number of rotatable bonds is 3. The summed E-state index contributed by atoms with van der Waals surface area (Å²) in [6.07, 6.45) is -8.56. The van der Waals surface area contributed by atoms with Gasteiger partial charge < -0.3 is 4.74 Å². The van der Waals surface area contributed by atoms with Gasteiger partial charge in [-0.05, 0) is 12.1 Å². The molecule has 14 heavy (non-hydrogen) atoms. The van der Waals surface area contributed by atoms with Crippen molar-refractivity contribution in [2.45, 2.75) is 12.5 Å². The minimum Gasteiger partial charge on any atom is -0.428 e. The molecule has 0 N–H and O–H groups in total. The van der Waals surface area contributed by atoms with E-state index in [2.05, 4.69) is 4.74 Å². The summed E-state index contributed by atoms with van der Waals surface area (Å²) in [5, 5.41) is 0. The van der Waals surface area contributed by atoms with Crippen LogP contribution in [0.15, 0.2) is 24.3 Å². The van der Waals surface area contributed by atoms with Crippen molar-refractivity contribution >= 4 is 0 Å². The second kappa shape index (κ2) is 3.81. The Balaban J connectivity index is 2.78. The molecule has 78 valence electrons. The van der Waals surface area contributed by atoms with Gasteiger partial charge in [0.05, 0.1) is 0 Å². The molecule has 0 fully saturated rings. The Hall–Kier alpha value is -1.33. The van der Waals surface area contributed by atoms with Crippen LogP contribution in [-0.4, -0.2) is 12.5 Å². The Labute approximate surface area is 76.1 Å². The van der Waals surface area contributed by atoms with Crippen LogP contribution in [0, 0.1) is 5.82 Å². The second-order valence-corrected chi connectivity index (χ2v) is 2.42. The van der Waals surface area contributed by atoms with E-state index < -0.39 is 24.1 Å². The highest BCUT2D eigenvalue weighted by atomic mass is 19.3. The lowest BCUT2D eigenvalue weighted by molar-refractivity contribution is -0.253. The van der Waals surface area contributed by atoms with Crippen LogP contribution in [0.1, 0.15) is 0 Å². The fourth-order valence-corrected chi connectivity index (χ4v) is 0.732. The van der Waals surface area contributed by atoms with Crippen molar-refractivity contribution in [2.75, 3.05) is 0 Å². The number of benzene rings is 1. The summed E-state index contributed by atoms with van der Waals surface area (Å²) in [4.78, 5) is 0. The maximum atomic E-state index is 12.4. The van der Waals surface area contributed by atoms with E-state index in [0.29, 0.717) is 6.07 Å². The number of halogens is 5. The zero-order valence-corrected chi connectivity index (χ0v) is 6.68. The van der Waals surface area contributed by atoms with Crippen LogP contribution in [0.4, 0.5) is 22.0 Å². The van der Waals surface area contributed by atoms with Crippen LogP contribution >= 0.6 is 0 Å². The van der Waals surface area contributed by atoms with Gasteiger partial charge in [0.1, 0.15) is 11.6 Å². The van der Waals surface area contributed by atoms with E-state index in [4.69, 9.17) is 0 Å². The van der Waals surface area contributed by atoms with E-state index >= 15 is 0 Å². The lowest BCUT2D eigenvalue weighted by Crippen LogP contribution is -2.33. The first kappa shape index (κ1) is 10.7. The summed E-state index contributed by atoms with van der Waals surface area (Å²) >= 11 is 0. The van der Waals surface area contributed by atoms with Crippen LogP contribution in [0.25, 0.3) is 0 Å². The van der Waals surface area contributed by atoms with Gasteiger partial charge in [0.2, 0.25) is 0 Å². The molecule has 0 heterocycles. The molecule has 0 aliphatic carbocycles. The zero-order chi connectivity index (χ0) is 10.8. The smallest absolute Gasteiger partial charge is 0.428 e. The molecule has 1 aromatic carbocycles. The van der Waals surface area contributed by atoms with Crippen molar-refractivity contribution in [1.82, 2.24) is 0 Å². The maximum absolute atomic E-state index is 12.4. The molecule has 0 unspecified atom stereocenters. The van der Waals surface area contributed by atoms with Gasteiger partial charge in [0.25, 0.3) is 0 Å². The molecule has 0 aromatic heterocycles. The standard InChI is InChI=1S/C8H5F5O/c9-5-2-1-3-6(4-5)14-8(12,13)7(10)11/h1-4,7H. The van der Waals surface area contributed by atoms with E-state index in [1.165, 1.54) is 0 Å². The summed E-state index contributed by atoms with van der Waals surface area (Å²) in [7, 11) is 0. The molecule has 0 bridgehead atoms. The summed E-state index contributed by atoms with van der Waals surface area (Å²) in [5.41, 5.74) is 0. The topological polar surface area (TPSA) is 9.23 Å². The molecule has 0 spiro atoms. The molecule has 0 saturated carbocycles. The summed E-state index contributed by atoms with van der Waals surface area (Å²) < 4.78 is 63.9.